The van der Waals surface area contributed by atoms with Crippen molar-refractivity contribution in [3.8, 4) is 0 Å². The Balaban J connectivity index is 1.84. The molecule has 0 spiro atoms. The third-order valence-electron chi connectivity index (χ3n) is 4.68. The van der Waals surface area contributed by atoms with Gasteiger partial charge in [0, 0.05) is 5.92 Å². The van der Waals surface area contributed by atoms with Crippen molar-refractivity contribution in [3.05, 3.63) is 113 Å². The van der Waals surface area contributed by atoms with Crippen molar-refractivity contribution in [2.24, 2.45) is 0 Å². The molecule has 0 heteroatoms. The standard InChI is InChI=1S/C23H20/c1-17-15-22-20(18-9-4-2-5-10-18)13-8-14-21(23(22)16-17)19-11-6-3-7-12-19/h2-15,21H,16H2,1H3. The van der Waals surface area contributed by atoms with Crippen LogP contribution in [0.25, 0.3) is 5.57 Å². The van der Waals surface area contributed by atoms with Crippen LogP contribution in [0.2, 0.25) is 0 Å². The minimum absolute atomic E-state index is 0.373. The van der Waals surface area contributed by atoms with Gasteiger partial charge in [-0.15, -0.1) is 0 Å². The minimum atomic E-state index is 0.373. The van der Waals surface area contributed by atoms with E-state index in [-0.39, 0.29) is 0 Å². The molecule has 0 saturated carbocycles. The number of benzene rings is 2. The second kappa shape index (κ2) is 5.89. The monoisotopic (exact) mass is 296 g/mol. The molecule has 0 aromatic heterocycles. The molecule has 2 aromatic carbocycles. The maximum Gasteiger partial charge on any atom is 0.0243 e. The summed E-state index contributed by atoms with van der Waals surface area (Å²) in [6.07, 6.45) is 10.3. The third kappa shape index (κ3) is 2.61. The van der Waals surface area contributed by atoms with E-state index in [4.69, 9.17) is 0 Å². The molecule has 0 nitrogen and oxygen atoms in total. The Morgan fingerprint density at radius 3 is 2.30 bits per heavy atom. The first kappa shape index (κ1) is 14.0. The molecule has 23 heavy (non-hydrogen) atoms. The lowest BCUT2D eigenvalue weighted by Crippen LogP contribution is -2.00. The molecule has 0 aliphatic heterocycles. The van der Waals surface area contributed by atoms with Gasteiger partial charge in [0.2, 0.25) is 0 Å². The summed E-state index contributed by atoms with van der Waals surface area (Å²) in [5.41, 5.74) is 8.40. The van der Waals surface area contributed by atoms with E-state index in [9.17, 15) is 0 Å². The third-order valence-corrected chi connectivity index (χ3v) is 4.68. The van der Waals surface area contributed by atoms with Gasteiger partial charge < -0.3 is 0 Å². The lowest BCUT2D eigenvalue weighted by atomic mass is 9.86. The lowest BCUT2D eigenvalue weighted by molar-refractivity contribution is 0.934. The fourth-order valence-corrected chi connectivity index (χ4v) is 3.62. The van der Waals surface area contributed by atoms with Gasteiger partial charge in [-0.3, -0.25) is 0 Å². The molecule has 2 aliphatic carbocycles. The molecule has 0 saturated heterocycles. The van der Waals surface area contributed by atoms with Crippen LogP contribution in [0.1, 0.15) is 30.4 Å². The van der Waals surface area contributed by atoms with Gasteiger partial charge in [-0.2, -0.15) is 0 Å². The van der Waals surface area contributed by atoms with Gasteiger partial charge in [-0.1, -0.05) is 90.5 Å². The van der Waals surface area contributed by atoms with Crippen LogP contribution in [-0.2, 0) is 0 Å². The molecule has 4 rings (SSSR count). The summed E-state index contributed by atoms with van der Waals surface area (Å²) in [5.74, 6) is 0.373. The fraction of sp³-hybridized carbons (Fsp3) is 0.130. The zero-order valence-electron chi connectivity index (χ0n) is 13.4. The molecular formula is C23H20. The Hall–Kier alpha value is -2.60. The Bertz CT molecular complexity index is 830. The lowest BCUT2D eigenvalue weighted by Gasteiger charge is -2.18. The molecule has 2 aromatic rings. The highest BCUT2D eigenvalue weighted by Crippen LogP contribution is 2.43. The Kier molecular flexibility index (Phi) is 3.59. The van der Waals surface area contributed by atoms with Gasteiger partial charge in [0.05, 0.1) is 0 Å². The topological polar surface area (TPSA) is 0 Å². The normalized spacial score (nSPS) is 20.0. The maximum atomic E-state index is 2.37. The first-order chi connectivity index (χ1) is 11.3. The van der Waals surface area contributed by atoms with Crippen molar-refractivity contribution in [3.63, 3.8) is 0 Å². The van der Waals surface area contributed by atoms with Gasteiger partial charge in [0.15, 0.2) is 0 Å². The van der Waals surface area contributed by atoms with Crippen LogP contribution in [0.4, 0.5) is 0 Å². The highest BCUT2D eigenvalue weighted by atomic mass is 14.3. The van der Waals surface area contributed by atoms with Crippen LogP contribution in [-0.4, -0.2) is 0 Å². The summed E-state index contributed by atoms with van der Waals surface area (Å²) < 4.78 is 0. The van der Waals surface area contributed by atoms with Gasteiger partial charge >= 0.3 is 0 Å². The first-order valence-corrected chi connectivity index (χ1v) is 8.22. The molecule has 0 heterocycles. The highest BCUT2D eigenvalue weighted by Gasteiger charge is 2.25. The zero-order valence-corrected chi connectivity index (χ0v) is 13.4. The largest absolute Gasteiger partial charge is 0.0729 e. The van der Waals surface area contributed by atoms with E-state index in [1.54, 1.807) is 0 Å². The van der Waals surface area contributed by atoms with Gasteiger partial charge in [-0.05, 0) is 41.2 Å². The van der Waals surface area contributed by atoms with Crippen molar-refractivity contribution in [2.45, 2.75) is 19.3 Å². The quantitative estimate of drug-likeness (QED) is 0.631. The van der Waals surface area contributed by atoms with E-state index in [0.29, 0.717) is 5.92 Å². The molecule has 2 aliphatic rings. The van der Waals surface area contributed by atoms with Crippen LogP contribution >= 0.6 is 0 Å². The first-order valence-electron chi connectivity index (χ1n) is 8.22. The Labute approximate surface area is 138 Å². The summed E-state index contributed by atoms with van der Waals surface area (Å²) in [6, 6.07) is 21.5. The SMILES string of the molecule is CC1=CC2=C(C1)C(c1ccccc1)C=CC=C2c1ccccc1. The van der Waals surface area contributed by atoms with Crippen molar-refractivity contribution >= 4 is 5.57 Å². The Morgan fingerprint density at radius 1 is 0.870 bits per heavy atom. The van der Waals surface area contributed by atoms with Crippen molar-refractivity contribution in [1.82, 2.24) is 0 Å². The number of rotatable bonds is 2. The van der Waals surface area contributed by atoms with Crippen LogP contribution in [0.5, 0.6) is 0 Å². The van der Waals surface area contributed by atoms with Crippen molar-refractivity contribution in [1.29, 1.82) is 0 Å². The average Bonchev–Trinajstić information content (AvgIpc) is 2.89. The molecular weight excluding hydrogens is 276 g/mol. The van der Waals surface area contributed by atoms with Gasteiger partial charge in [-0.25, -0.2) is 0 Å². The number of hydrogen-bond acceptors (Lipinski definition) is 0. The number of hydrogen-bond donors (Lipinski definition) is 0. The zero-order chi connectivity index (χ0) is 15.6. The van der Waals surface area contributed by atoms with E-state index in [0.717, 1.165) is 6.42 Å². The summed E-state index contributed by atoms with van der Waals surface area (Å²) in [7, 11) is 0. The second-order valence-electron chi connectivity index (χ2n) is 6.33. The van der Waals surface area contributed by atoms with E-state index in [2.05, 4.69) is 91.9 Å². The second-order valence-corrected chi connectivity index (χ2v) is 6.33. The van der Waals surface area contributed by atoms with E-state index < -0.39 is 0 Å². The average molecular weight is 296 g/mol. The minimum Gasteiger partial charge on any atom is -0.0729 e. The molecule has 1 atom stereocenters. The predicted molar refractivity (Wildman–Crippen MR) is 98.1 cm³/mol. The van der Waals surface area contributed by atoms with Crippen molar-refractivity contribution < 1.29 is 0 Å². The van der Waals surface area contributed by atoms with Crippen LogP contribution in [0, 0.1) is 0 Å². The summed E-state index contributed by atoms with van der Waals surface area (Å²) in [4.78, 5) is 0. The molecule has 0 fully saturated rings. The van der Waals surface area contributed by atoms with Crippen molar-refractivity contribution in [2.75, 3.05) is 0 Å². The van der Waals surface area contributed by atoms with E-state index in [1.165, 1.54) is 33.4 Å². The van der Waals surface area contributed by atoms with Crippen LogP contribution in [0.3, 0.4) is 0 Å². The smallest absolute Gasteiger partial charge is 0.0243 e. The summed E-state index contributed by atoms with van der Waals surface area (Å²) in [5, 5.41) is 0. The van der Waals surface area contributed by atoms with E-state index in [1.807, 2.05) is 0 Å². The highest BCUT2D eigenvalue weighted by molar-refractivity contribution is 5.86. The maximum absolute atomic E-state index is 2.37. The summed E-state index contributed by atoms with van der Waals surface area (Å²) >= 11 is 0. The fourth-order valence-electron chi connectivity index (χ4n) is 3.62. The van der Waals surface area contributed by atoms with Gasteiger partial charge in [0.1, 0.15) is 0 Å². The molecule has 0 radical (unpaired) electrons. The van der Waals surface area contributed by atoms with E-state index >= 15 is 0 Å². The van der Waals surface area contributed by atoms with Crippen LogP contribution in [0.15, 0.2) is 102 Å². The molecule has 0 bridgehead atoms. The molecule has 112 valence electrons. The number of allylic oxidation sites excluding steroid dienone is 8. The van der Waals surface area contributed by atoms with Crippen LogP contribution < -0.4 is 0 Å². The Morgan fingerprint density at radius 2 is 1.57 bits per heavy atom. The molecule has 1 unspecified atom stereocenters. The summed E-state index contributed by atoms with van der Waals surface area (Å²) in [6.45, 7) is 2.24. The molecule has 0 amide bonds. The predicted octanol–water partition coefficient (Wildman–Crippen LogP) is 6.07. The molecule has 0 N–H and O–H groups in total. The van der Waals surface area contributed by atoms with Gasteiger partial charge in [0.25, 0.3) is 0 Å².